The molecule has 0 aliphatic rings. The van der Waals surface area contributed by atoms with E-state index < -0.39 is 45.8 Å². The van der Waals surface area contributed by atoms with E-state index in [4.69, 9.17) is 23.7 Å². The molecule has 1 heterocycles. The number of amides is 2. The first-order valence-corrected chi connectivity index (χ1v) is 12.3. The lowest BCUT2D eigenvalue weighted by molar-refractivity contribution is -0.165. The lowest BCUT2D eigenvalue weighted by Gasteiger charge is -2.23. The number of methoxy groups -OCH3 is 5. The smallest absolute Gasteiger partial charge is 0.335 e. The molecule has 1 atom stereocenters. The van der Waals surface area contributed by atoms with E-state index in [9.17, 15) is 22.8 Å². The van der Waals surface area contributed by atoms with Crippen molar-refractivity contribution in [3.63, 3.8) is 0 Å². The molecule has 0 aliphatic carbocycles. The van der Waals surface area contributed by atoms with E-state index in [0.717, 1.165) is 14.2 Å². The number of benzene rings is 1. The molecular formula is C22H28N4O10S. The van der Waals surface area contributed by atoms with Crippen molar-refractivity contribution in [1.29, 1.82) is 0 Å². The van der Waals surface area contributed by atoms with Gasteiger partial charge in [-0.1, -0.05) is 24.3 Å². The molecule has 1 aromatic heterocycles. The Bertz CT molecular complexity index is 1180. The van der Waals surface area contributed by atoms with E-state index in [1.165, 1.54) is 33.5 Å². The maximum atomic E-state index is 12.8. The van der Waals surface area contributed by atoms with Crippen molar-refractivity contribution in [1.82, 2.24) is 14.7 Å². The van der Waals surface area contributed by atoms with Crippen LogP contribution in [0.1, 0.15) is 11.1 Å². The molecule has 0 saturated heterocycles. The predicted molar refractivity (Wildman–Crippen MR) is 128 cm³/mol. The Balaban J connectivity index is 2.20. The van der Waals surface area contributed by atoms with Crippen molar-refractivity contribution < 1.29 is 46.5 Å². The highest BCUT2D eigenvalue weighted by Gasteiger charge is 2.37. The zero-order valence-electron chi connectivity index (χ0n) is 20.8. The summed E-state index contributed by atoms with van der Waals surface area (Å²) < 4.78 is 52.1. The largest absolute Gasteiger partial charge is 0.481 e. The number of hydrogen-bond donors (Lipinski definition) is 2. The molecule has 2 N–H and O–H groups in total. The Morgan fingerprint density at radius 1 is 0.892 bits per heavy atom. The van der Waals surface area contributed by atoms with Crippen LogP contribution in [0.4, 0.5) is 10.7 Å². The molecule has 0 aliphatic heterocycles. The summed E-state index contributed by atoms with van der Waals surface area (Å²) in [7, 11) is 2.01. The van der Waals surface area contributed by atoms with Crippen LogP contribution in [0.25, 0.3) is 0 Å². The maximum absolute atomic E-state index is 12.8. The molecular weight excluding hydrogens is 512 g/mol. The number of anilines is 1. The average Bonchev–Trinajstić information content (AvgIpc) is 2.87. The van der Waals surface area contributed by atoms with Gasteiger partial charge in [0, 0.05) is 13.5 Å². The van der Waals surface area contributed by atoms with Gasteiger partial charge < -0.3 is 23.7 Å². The fraction of sp³-hybridized carbons (Fsp3) is 0.409. The third-order valence-electron chi connectivity index (χ3n) is 5.04. The highest BCUT2D eigenvalue weighted by atomic mass is 32.2. The topological polar surface area (TPSA) is 181 Å². The molecule has 1 aromatic carbocycles. The molecule has 1 unspecified atom stereocenters. The lowest BCUT2D eigenvalue weighted by atomic mass is 9.93. The van der Waals surface area contributed by atoms with Gasteiger partial charge in [0.15, 0.2) is 5.92 Å². The van der Waals surface area contributed by atoms with Crippen molar-refractivity contribution >= 4 is 33.9 Å². The summed E-state index contributed by atoms with van der Waals surface area (Å²) in [5, 5.41) is 2.21. The second-order valence-electron chi connectivity index (χ2n) is 7.36. The molecule has 2 aromatic rings. The van der Waals surface area contributed by atoms with E-state index in [2.05, 4.69) is 15.3 Å². The maximum Gasteiger partial charge on any atom is 0.335 e. The van der Waals surface area contributed by atoms with Gasteiger partial charge in [-0.2, -0.15) is 9.97 Å². The van der Waals surface area contributed by atoms with Crippen molar-refractivity contribution in [2.24, 2.45) is 5.92 Å². The Kier molecular flexibility index (Phi) is 10.6. The van der Waals surface area contributed by atoms with Crippen LogP contribution < -0.4 is 19.5 Å². The highest BCUT2D eigenvalue weighted by molar-refractivity contribution is 7.89. The first-order chi connectivity index (χ1) is 17.6. The molecule has 0 bridgehead atoms. The number of sulfonamides is 1. The standard InChI is InChI=1S/C22H28N4O10S/c1-32-15(18(19(27)35-4)20(28)36-5)10-13-8-6-7-9-14(13)12-37(30,31)26-22(29)25-21-23-16(33-2)11-17(24-21)34-3/h6-9,11,15,18H,10,12H2,1-5H3,(H2,23,24,25,26,29). The number of esters is 2. The number of urea groups is 1. The number of carbonyl (C=O) groups is 3. The number of hydrogen-bond acceptors (Lipinski definition) is 12. The third-order valence-corrected chi connectivity index (χ3v) is 6.23. The molecule has 15 heteroatoms. The van der Waals surface area contributed by atoms with E-state index in [0.29, 0.717) is 11.1 Å². The van der Waals surface area contributed by atoms with Gasteiger partial charge in [-0.3, -0.25) is 14.9 Å². The van der Waals surface area contributed by atoms with Crippen LogP contribution in [0, 0.1) is 5.92 Å². The SMILES string of the molecule is COC(=O)C(C(=O)OC)C(Cc1ccccc1CS(=O)(=O)NC(=O)Nc1nc(OC)cc(OC)n1)OC. The summed E-state index contributed by atoms with van der Waals surface area (Å²) in [4.78, 5) is 44.5. The van der Waals surface area contributed by atoms with Crippen molar-refractivity contribution in [3.8, 4) is 11.8 Å². The van der Waals surface area contributed by atoms with E-state index in [-0.39, 0.29) is 24.1 Å². The molecule has 2 amide bonds. The van der Waals surface area contributed by atoms with Gasteiger partial charge in [0.2, 0.25) is 27.7 Å². The van der Waals surface area contributed by atoms with Crippen LogP contribution in [-0.4, -0.2) is 78.0 Å². The van der Waals surface area contributed by atoms with Crippen LogP contribution in [0.15, 0.2) is 30.3 Å². The number of nitrogens with one attached hydrogen (secondary N) is 2. The summed E-state index contributed by atoms with van der Waals surface area (Å²) in [6.45, 7) is 0. The Hall–Kier alpha value is -3.98. The summed E-state index contributed by atoms with van der Waals surface area (Å²) >= 11 is 0. The van der Waals surface area contributed by atoms with Gasteiger partial charge in [0.1, 0.15) is 0 Å². The molecule has 0 saturated carbocycles. The van der Waals surface area contributed by atoms with Crippen LogP contribution in [0.5, 0.6) is 11.8 Å². The zero-order valence-corrected chi connectivity index (χ0v) is 21.7. The van der Waals surface area contributed by atoms with Crippen LogP contribution in [-0.2, 0) is 46.0 Å². The summed E-state index contributed by atoms with van der Waals surface area (Å²) in [6, 6.07) is 6.65. The van der Waals surface area contributed by atoms with Crippen molar-refractivity contribution in [3.05, 3.63) is 41.5 Å². The summed E-state index contributed by atoms with van der Waals surface area (Å²) in [5.74, 6) is -3.79. The number of ether oxygens (including phenoxy) is 5. The molecule has 0 radical (unpaired) electrons. The molecule has 14 nitrogen and oxygen atoms in total. The average molecular weight is 541 g/mol. The van der Waals surface area contributed by atoms with Gasteiger partial charge in [-0.25, -0.2) is 17.9 Å². The summed E-state index contributed by atoms with van der Waals surface area (Å²) in [5.41, 5.74) is 0.761. The zero-order chi connectivity index (χ0) is 27.6. The predicted octanol–water partition coefficient (Wildman–Crippen LogP) is 0.665. The van der Waals surface area contributed by atoms with E-state index >= 15 is 0 Å². The first-order valence-electron chi connectivity index (χ1n) is 10.6. The highest BCUT2D eigenvalue weighted by Crippen LogP contribution is 2.21. The second-order valence-corrected chi connectivity index (χ2v) is 9.08. The van der Waals surface area contributed by atoms with Crippen LogP contribution in [0.3, 0.4) is 0 Å². The Morgan fingerprint density at radius 2 is 1.43 bits per heavy atom. The molecule has 2 rings (SSSR count). The molecule has 202 valence electrons. The quantitative estimate of drug-likeness (QED) is 0.284. The van der Waals surface area contributed by atoms with Crippen LogP contribution >= 0.6 is 0 Å². The molecule has 0 fully saturated rings. The second kappa shape index (κ2) is 13.4. The third kappa shape index (κ3) is 8.28. The fourth-order valence-corrected chi connectivity index (χ4v) is 4.38. The fourth-order valence-electron chi connectivity index (χ4n) is 3.28. The monoisotopic (exact) mass is 540 g/mol. The minimum absolute atomic E-state index is 0.0271. The van der Waals surface area contributed by atoms with E-state index in [1.807, 2.05) is 4.72 Å². The number of aromatic nitrogens is 2. The van der Waals surface area contributed by atoms with Crippen molar-refractivity contribution in [2.75, 3.05) is 40.9 Å². The molecule has 37 heavy (non-hydrogen) atoms. The number of carbonyl (C=O) groups excluding carboxylic acids is 3. The van der Waals surface area contributed by atoms with Crippen molar-refractivity contribution in [2.45, 2.75) is 18.3 Å². The van der Waals surface area contributed by atoms with Gasteiger partial charge in [0.05, 0.1) is 46.4 Å². The minimum atomic E-state index is -4.22. The lowest BCUT2D eigenvalue weighted by Crippen LogP contribution is -2.39. The van der Waals surface area contributed by atoms with Crippen LogP contribution in [0.2, 0.25) is 0 Å². The van der Waals surface area contributed by atoms with Gasteiger partial charge in [-0.05, 0) is 11.1 Å². The number of nitrogens with zero attached hydrogens (tertiary/aromatic N) is 2. The molecule has 0 spiro atoms. The Labute approximate surface area is 213 Å². The minimum Gasteiger partial charge on any atom is -0.481 e. The first kappa shape index (κ1) is 29.3. The normalized spacial score (nSPS) is 11.8. The summed E-state index contributed by atoms with van der Waals surface area (Å²) in [6.07, 6.45) is -1.04. The van der Waals surface area contributed by atoms with Gasteiger partial charge in [0.25, 0.3) is 0 Å². The van der Waals surface area contributed by atoms with Gasteiger partial charge in [-0.15, -0.1) is 0 Å². The number of rotatable bonds is 12. The Morgan fingerprint density at radius 3 is 1.92 bits per heavy atom. The van der Waals surface area contributed by atoms with Gasteiger partial charge >= 0.3 is 18.0 Å². The van der Waals surface area contributed by atoms with E-state index in [1.54, 1.807) is 18.2 Å².